The smallest absolute Gasteiger partial charge is 0.137 e. The zero-order valence-electron chi connectivity index (χ0n) is 12.5. The Hall–Kier alpha value is -1.88. The van der Waals surface area contributed by atoms with Crippen LogP contribution in [-0.4, -0.2) is 41.0 Å². The first kappa shape index (κ1) is 14.1. The molecule has 1 saturated heterocycles. The van der Waals surface area contributed by atoms with Crippen LogP contribution in [0.15, 0.2) is 24.5 Å². The molecule has 0 bridgehead atoms. The maximum atomic E-state index is 5.87. The van der Waals surface area contributed by atoms with Crippen molar-refractivity contribution in [3.8, 4) is 0 Å². The minimum atomic E-state index is 0.721. The molecule has 3 N–H and O–H groups in total. The minimum absolute atomic E-state index is 0.721. The van der Waals surface area contributed by atoms with Gasteiger partial charge < -0.3 is 16.0 Å². The molecular weight excluding hydrogens is 262 g/mol. The summed E-state index contributed by atoms with van der Waals surface area (Å²) >= 11 is 0. The molecule has 1 aliphatic rings. The summed E-state index contributed by atoms with van der Waals surface area (Å²) in [6.07, 6.45) is 4.12. The predicted octanol–water partition coefficient (Wildman–Crippen LogP) is 2.36. The molecule has 5 nitrogen and oxygen atoms in total. The highest BCUT2D eigenvalue weighted by Crippen LogP contribution is 2.23. The predicted molar refractivity (Wildman–Crippen MR) is 87.3 cm³/mol. The van der Waals surface area contributed by atoms with E-state index in [0.717, 1.165) is 41.4 Å². The molecule has 0 spiro atoms. The molecule has 1 aliphatic heterocycles. The summed E-state index contributed by atoms with van der Waals surface area (Å²) < 4.78 is 0. The number of benzene rings is 1. The molecule has 1 aromatic carbocycles. The standard InChI is InChI=1S/C16H23N5/c1-2-21-7-5-12(6-8-21)10-18-16-14-9-13(17)3-4-15(14)19-11-20-16/h3-4,9,11-12H,2,5-8,10,17H2,1H3,(H,18,19,20). The fourth-order valence-corrected chi connectivity index (χ4v) is 2.96. The van der Waals surface area contributed by atoms with E-state index in [1.54, 1.807) is 6.33 Å². The van der Waals surface area contributed by atoms with E-state index in [1.165, 1.54) is 25.9 Å². The molecular formula is C16H23N5. The SMILES string of the molecule is CCN1CCC(CNc2ncnc3ccc(N)cc23)CC1. The zero-order valence-corrected chi connectivity index (χ0v) is 12.5. The molecule has 2 aromatic rings. The number of aromatic nitrogens is 2. The molecule has 112 valence electrons. The summed E-state index contributed by atoms with van der Waals surface area (Å²) in [5.41, 5.74) is 7.55. The van der Waals surface area contributed by atoms with Crippen LogP contribution in [0.5, 0.6) is 0 Å². The highest BCUT2D eigenvalue weighted by atomic mass is 15.1. The van der Waals surface area contributed by atoms with Gasteiger partial charge in [-0.2, -0.15) is 0 Å². The summed E-state index contributed by atoms with van der Waals surface area (Å²) in [6, 6.07) is 5.76. The van der Waals surface area contributed by atoms with Crippen LogP contribution in [0.25, 0.3) is 10.9 Å². The van der Waals surface area contributed by atoms with Crippen molar-refractivity contribution in [3.05, 3.63) is 24.5 Å². The Morgan fingerprint density at radius 3 is 2.86 bits per heavy atom. The fraction of sp³-hybridized carbons (Fsp3) is 0.500. The first-order chi connectivity index (χ1) is 10.3. The highest BCUT2D eigenvalue weighted by molar-refractivity contribution is 5.91. The van der Waals surface area contributed by atoms with Crippen molar-refractivity contribution in [3.63, 3.8) is 0 Å². The lowest BCUT2D eigenvalue weighted by molar-refractivity contribution is 0.198. The number of likely N-dealkylation sites (tertiary alicyclic amines) is 1. The maximum absolute atomic E-state index is 5.87. The topological polar surface area (TPSA) is 67.1 Å². The van der Waals surface area contributed by atoms with Crippen LogP contribution in [0.1, 0.15) is 19.8 Å². The molecule has 0 amide bonds. The molecule has 21 heavy (non-hydrogen) atoms. The van der Waals surface area contributed by atoms with Crippen LogP contribution < -0.4 is 11.1 Å². The number of rotatable bonds is 4. The molecule has 2 heterocycles. The van der Waals surface area contributed by atoms with E-state index in [9.17, 15) is 0 Å². The molecule has 1 aromatic heterocycles. The largest absolute Gasteiger partial charge is 0.399 e. The minimum Gasteiger partial charge on any atom is -0.399 e. The van der Waals surface area contributed by atoms with Crippen LogP contribution >= 0.6 is 0 Å². The summed E-state index contributed by atoms with van der Waals surface area (Å²) in [7, 11) is 0. The fourth-order valence-electron chi connectivity index (χ4n) is 2.96. The number of anilines is 2. The van der Waals surface area contributed by atoms with Crippen molar-refractivity contribution in [2.24, 2.45) is 5.92 Å². The highest BCUT2D eigenvalue weighted by Gasteiger charge is 2.18. The van der Waals surface area contributed by atoms with E-state index in [-0.39, 0.29) is 0 Å². The average molecular weight is 285 g/mol. The van der Waals surface area contributed by atoms with Gasteiger partial charge in [-0.1, -0.05) is 6.92 Å². The van der Waals surface area contributed by atoms with Gasteiger partial charge in [-0.05, 0) is 56.6 Å². The van der Waals surface area contributed by atoms with Crippen molar-refractivity contribution < 1.29 is 0 Å². The molecule has 1 fully saturated rings. The van der Waals surface area contributed by atoms with Crippen molar-refractivity contribution in [1.29, 1.82) is 0 Å². The van der Waals surface area contributed by atoms with Gasteiger partial charge in [0.15, 0.2) is 0 Å². The van der Waals surface area contributed by atoms with Gasteiger partial charge in [0.1, 0.15) is 12.1 Å². The number of nitrogens with two attached hydrogens (primary N) is 1. The third-order valence-corrected chi connectivity index (χ3v) is 4.37. The van der Waals surface area contributed by atoms with Gasteiger partial charge in [-0.3, -0.25) is 0 Å². The molecule has 0 saturated carbocycles. The Morgan fingerprint density at radius 2 is 2.10 bits per heavy atom. The quantitative estimate of drug-likeness (QED) is 0.844. The lowest BCUT2D eigenvalue weighted by Crippen LogP contribution is -2.35. The van der Waals surface area contributed by atoms with E-state index >= 15 is 0 Å². The van der Waals surface area contributed by atoms with Gasteiger partial charge in [0, 0.05) is 17.6 Å². The average Bonchev–Trinajstić information content (AvgIpc) is 2.53. The van der Waals surface area contributed by atoms with Crippen molar-refractivity contribution in [2.75, 3.05) is 37.2 Å². The third-order valence-electron chi connectivity index (χ3n) is 4.37. The van der Waals surface area contributed by atoms with Gasteiger partial charge >= 0.3 is 0 Å². The Morgan fingerprint density at radius 1 is 1.29 bits per heavy atom. The number of fused-ring (bicyclic) bond motifs is 1. The maximum Gasteiger partial charge on any atom is 0.137 e. The van der Waals surface area contributed by atoms with Crippen molar-refractivity contribution in [1.82, 2.24) is 14.9 Å². The van der Waals surface area contributed by atoms with E-state index in [2.05, 4.69) is 27.1 Å². The Kier molecular flexibility index (Phi) is 4.20. The van der Waals surface area contributed by atoms with E-state index < -0.39 is 0 Å². The summed E-state index contributed by atoms with van der Waals surface area (Å²) in [5.74, 6) is 1.61. The number of nitrogen functional groups attached to an aromatic ring is 1. The Bertz CT molecular complexity index is 605. The van der Waals surface area contributed by atoms with Crippen LogP contribution in [0.3, 0.4) is 0 Å². The summed E-state index contributed by atoms with van der Waals surface area (Å²) in [6.45, 7) is 6.78. The number of hydrogen-bond acceptors (Lipinski definition) is 5. The van der Waals surface area contributed by atoms with Gasteiger partial charge in [-0.15, -0.1) is 0 Å². The first-order valence-electron chi connectivity index (χ1n) is 7.72. The van der Waals surface area contributed by atoms with Crippen LogP contribution in [0.4, 0.5) is 11.5 Å². The number of nitrogens with zero attached hydrogens (tertiary/aromatic N) is 3. The molecule has 5 heteroatoms. The second kappa shape index (κ2) is 6.26. The van der Waals surface area contributed by atoms with E-state index in [1.807, 2.05) is 18.2 Å². The van der Waals surface area contributed by atoms with Crippen LogP contribution in [0, 0.1) is 5.92 Å². The number of hydrogen-bond donors (Lipinski definition) is 2. The lowest BCUT2D eigenvalue weighted by Gasteiger charge is -2.31. The first-order valence-corrected chi connectivity index (χ1v) is 7.72. The second-order valence-electron chi connectivity index (χ2n) is 5.76. The van der Waals surface area contributed by atoms with Gasteiger partial charge in [-0.25, -0.2) is 9.97 Å². The monoisotopic (exact) mass is 285 g/mol. The molecule has 0 radical (unpaired) electrons. The summed E-state index contributed by atoms with van der Waals surface area (Å²) in [5, 5.41) is 4.50. The van der Waals surface area contributed by atoms with Gasteiger partial charge in [0.25, 0.3) is 0 Å². The lowest BCUT2D eigenvalue weighted by atomic mass is 9.97. The van der Waals surface area contributed by atoms with Crippen LogP contribution in [-0.2, 0) is 0 Å². The van der Waals surface area contributed by atoms with E-state index in [0.29, 0.717) is 0 Å². The normalized spacial score (nSPS) is 17.2. The molecule has 3 rings (SSSR count). The molecule has 0 unspecified atom stereocenters. The third kappa shape index (κ3) is 3.24. The number of piperidine rings is 1. The zero-order chi connectivity index (χ0) is 14.7. The van der Waals surface area contributed by atoms with Crippen LogP contribution in [0.2, 0.25) is 0 Å². The number of nitrogens with one attached hydrogen (secondary N) is 1. The molecule has 0 aliphatic carbocycles. The van der Waals surface area contributed by atoms with Gasteiger partial charge in [0.05, 0.1) is 5.52 Å². The molecule has 0 atom stereocenters. The Labute approximate surface area is 125 Å². The second-order valence-corrected chi connectivity index (χ2v) is 5.76. The van der Waals surface area contributed by atoms with E-state index in [4.69, 9.17) is 5.73 Å². The summed E-state index contributed by atoms with van der Waals surface area (Å²) in [4.78, 5) is 11.2. The Balaban J connectivity index is 1.67. The van der Waals surface area contributed by atoms with Gasteiger partial charge in [0.2, 0.25) is 0 Å². The van der Waals surface area contributed by atoms with Crippen molar-refractivity contribution >= 4 is 22.4 Å². The van der Waals surface area contributed by atoms with Crippen molar-refractivity contribution in [2.45, 2.75) is 19.8 Å².